The van der Waals surface area contributed by atoms with Gasteiger partial charge in [0.1, 0.15) is 17.9 Å². The number of carbonyl (C=O) groups is 5. The van der Waals surface area contributed by atoms with E-state index in [1.807, 2.05) is 25.3 Å². The van der Waals surface area contributed by atoms with E-state index in [-0.39, 0.29) is 35.8 Å². The zero-order chi connectivity index (χ0) is 39.8. The van der Waals surface area contributed by atoms with Crippen LogP contribution in [-0.4, -0.2) is 86.2 Å². The minimum Gasteiger partial charge on any atom is -0.366 e. The Bertz CT molecular complexity index is 2530. The van der Waals surface area contributed by atoms with Gasteiger partial charge in [0.2, 0.25) is 29.6 Å². The van der Waals surface area contributed by atoms with Gasteiger partial charge in [-0.1, -0.05) is 0 Å². The smallest absolute Gasteiger partial charge is 0.276 e. The molecule has 5 amide bonds. The van der Waals surface area contributed by atoms with Crippen LogP contribution in [0.4, 0.5) is 11.9 Å². The Labute approximate surface area is 320 Å². The van der Waals surface area contributed by atoms with E-state index in [0.717, 1.165) is 5.52 Å². The molecule has 0 radical (unpaired) electrons. The minimum absolute atomic E-state index is 0.114. The molecule has 2 aromatic carbocycles. The Morgan fingerprint density at radius 1 is 0.696 bits per heavy atom. The second-order valence-corrected chi connectivity index (χ2v) is 13.9. The zero-order valence-corrected chi connectivity index (χ0v) is 31.6. The number of aryl methyl sites for hydroxylation is 4. The van der Waals surface area contributed by atoms with Crippen molar-refractivity contribution in [3.05, 3.63) is 82.4 Å². The summed E-state index contributed by atoms with van der Waals surface area (Å²) < 4.78 is 6.77. The van der Waals surface area contributed by atoms with E-state index in [2.05, 4.69) is 25.8 Å². The molecule has 7 rings (SSSR count). The molecule has 1 fully saturated rings. The van der Waals surface area contributed by atoms with Gasteiger partial charge in [-0.3, -0.25) is 44.0 Å². The number of fused-ring (bicyclic) bond motifs is 2. The highest BCUT2D eigenvalue weighted by Gasteiger charge is 2.28. The Morgan fingerprint density at radius 2 is 1.16 bits per heavy atom. The van der Waals surface area contributed by atoms with Crippen molar-refractivity contribution in [1.29, 1.82) is 0 Å². The maximum absolute atomic E-state index is 13.9. The molecule has 1 aliphatic heterocycles. The number of hydrogen-bond acceptors (Lipinski definition) is 9. The molecule has 0 atom stereocenters. The molecule has 0 aliphatic carbocycles. The number of nitrogens with two attached hydrogens (primary N) is 2. The first-order chi connectivity index (χ1) is 26.8. The maximum Gasteiger partial charge on any atom is 0.276 e. The lowest BCUT2D eigenvalue weighted by Gasteiger charge is -2.32. The van der Waals surface area contributed by atoms with Gasteiger partial charge in [-0.05, 0) is 95.0 Å². The van der Waals surface area contributed by atoms with E-state index >= 15 is 0 Å². The van der Waals surface area contributed by atoms with Crippen molar-refractivity contribution in [2.45, 2.75) is 66.7 Å². The number of likely N-dealkylation sites (tertiary alicyclic amines) is 1. The third kappa shape index (κ3) is 7.32. The third-order valence-corrected chi connectivity index (χ3v) is 10.1. The van der Waals surface area contributed by atoms with Crippen molar-refractivity contribution in [3.63, 3.8) is 0 Å². The Morgan fingerprint density at radius 3 is 1.62 bits per heavy atom. The average Bonchev–Trinajstić information content (AvgIpc) is 3.94. The highest BCUT2D eigenvalue weighted by atomic mass is 16.2. The van der Waals surface area contributed by atoms with Crippen LogP contribution in [0.1, 0.15) is 79.8 Å². The SMILES string of the molecule is CCn1nc(C)cc1C(=O)Nc1nc2cc(C(N)=O)ccc2n1CC(=O)N1CCC(Cn2c(NC(=O)c3cc(C)nn3CC)nc3cc(C(N)=O)ccc32)CC1. The minimum atomic E-state index is -0.624. The molecule has 6 aromatic rings. The molecule has 5 heterocycles. The molecule has 0 bridgehead atoms. The molecule has 56 heavy (non-hydrogen) atoms. The van der Waals surface area contributed by atoms with Gasteiger partial charge in [0, 0.05) is 43.9 Å². The molecule has 0 saturated carbocycles. The quantitative estimate of drug-likeness (QED) is 0.143. The van der Waals surface area contributed by atoms with Crippen molar-refractivity contribution in [1.82, 2.24) is 43.6 Å². The summed E-state index contributed by atoms with van der Waals surface area (Å²) in [7, 11) is 0. The summed E-state index contributed by atoms with van der Waals surface area (Å²) in [6.45, 7) is 9.72. The standard InChI is InChI=1S/C38H43N13O5/c1-5-50-30(15-21(3)45-50)35(55)43-37-41-26-17-24(33(39)53)7-9-28(26)48(37)19-23-11-13-47(14-12-23)32(52)20-49-29-10-8-25(34(40)54)18-27(29)42-38(49)44-36(56)31-16-22(4)46-51(31)6-2/h7-10,15-18,23H,5-6,11-14,19-20H2,1-4H3,(H2,39,53)(H2,40,54)(H,41,43,55)(H,42,44,56). The van der Waals surface area contributed by atoms with Crippen LogP contribution in [0.2, 0.25) is 0 Å². The van der Waals surface area contributed by atoms with E-state index < -0.39 is 17.7 Å². The fraction of sp³-hybridized carbons (Fsp3) is 0.342. The Balaban J connectivity index is 1.09. The monoisotopic (exact) mass is 761 g/mol. The molecular weight excluding hydrogens is 719 g/mol. The summed E-state index contributed by atoms with van der Waals surface area (Å²) in [5.41, 5.74) is 16.0. The first-order valence-corrected chi connectivity index (χ1v) is 18.4. The van der Waals surface area contributed by atoms with E-state index in [4.69, 9.17) is 16.5 Å². The first kappa shape index (κ1) is 37.5. The lowest BCUT2D eigenvalue weighted by molar-refractivity contribution is -0.133. The fourth-order valence-corrected chi connectivity index (χ4v) is 7.23. The number of primary amides is 2. The molecule has 1 aliphatic rings. The van der Waals surface area contributed by atoms with E-state index in [1.165, 1.54) is 6.07 Å². The number of amides is 5. The van der Waals surface area contributed by atoms with Crippen molar-refractivity contribution < 1.29 is 24.0 Å². The number of imidazole rings is 2. The van der Waals surface area contributed by atoms with E-state index in [9.17, 15) is 24.0 Å². The molecule has 4 aromatic heterocycles. The summed E-state index contributed by atoms with van der Waals surface area (Å²) in [5, 5.41) is 14.6. The van der Waals surface area contributed by atoms with Gasteiger partial charge in [0.05, 0.1) is 33.5 Å². The summed E-state index contributed by atoms with van der Waals surface area (Å²) in [6.07, 6.45) is 1.33. The highest BCUT2D eigenvalue weighted by Crippen LogP contribution is 2.28. The average molecular weight is 762 g/mol. The summed E-state index contributed by atoms with van der Waals surface area (Å²) in [4.78, 5) is 75.8. The van der Waals surface area contributed by atoms with Crippen molar-refractivity contribution in [2.24, 2.45) is 17.4 Å². The number of carbonyl (C=O) groups excluding carboxylic acids is 5. The number of nitrogens with one attached hydrogen (secondary N) is 2. The van der Waals surface area contributed by atoms with Gasteiger partial charge in [0.15, 0.2) is 0 Å². The molecule has 0 unspecified atom stereocenters. The number of benzene rings is 2. The molecule has 0 spiro atoms. The van der Waals surface area contributed by atoms with Gasteiger partial charge in [-0.25, -0.2) is 9.97 Å². The predicted molar refractivity (Wildman–Crippen MR) is 207 cm³/mol. The van der Waals surface area contributed by atoms with Crippen LogP contribution in [0.15, 0.2) is 48.5 Å². The number of hydrogen-bond donors (Lipinski definition) is 4. The molecule has 1 saturated heterocycles. The molecule has 290 valence electrons. The molecule has 18 heteroatoms. The maximum atomic E-state index is 13.9. The fourth-order valence-electron chi connectivity index (χ4n) is 7.23. The van der Waals surface area contributed by atoms with Crippen molar-refractivity contribution in [2.75, 3.05) is 23.7 Å². The number of nitrogens with zero attached hydrogens (tertiary/aromatic N) is 9. The number of rotatable bonds is 12. The number of piperidine rings is 1. The van der Waals surface area contributed by atoms with Gasteiger partial charge in [0.25, 0.3) is 11.8 Å². The van der Waals surface area contributed by atoms with Crippen LogP contribution < -0.4 is 22.1 Å². The van der Waals surface area contributed by atoms with E-state index in [1.54, 1.807) is 68.2 Å². The highest BCUT2D eigenvalue weighted by molar-refractivity contribution is 6.04. The summed E-state index contributed by atoms with van der Waals surface area (Å²) in [6, 6.07) is 13.2. The van der Waals surface area contributed by atoms with E-state index in [0.29, 0.717) is 96.4 Å². The van der Waals surface area contributed by atoms with Crippen LogP contribution >= 0.6 is 0 Å². The predicted octanol–water partition coefficient (Wildman–Crippen LogP) is 3.08. The topological polar surface area (TPSA) is 236 Å². The summed E-state index contributed by atoms with van der Waals surface area (Å²) >= 11 is 0. The van der Waals surface area contributed by atoms with Crippen LogP contribution in [0.5, 0.6) is 0 Å². The summed E-state index contributed by atoms with van der Waals surface area (Å²) in [5.74, 6) is -1.59. The van der Waals surface area contributed by atoms with Crippen LogP contribution in [0, 0.1) is 19.8 Å². The normalized spacial score (nSPS) is 13.4. The van der Waals surface area contributed by atoms with Gasteiger partial charge < -0.3 is 25.5 Å². The molecular formula is C38H43N13O5. The second kappa shape index (κ2) is 15.1. The van der Waals surface area contributed by atoms with Gasteiger partial charge in [-0.2, -0.15) is 10.2 Å². The van der Waals surface area contributed by atoms with Crippen LogP contribution in [-0.2, 0) is 31.0 Å². The molecule has 6 N–H and O–H groups in total. The zero-order valence-electron chi connectivity index (χ0n) is 31.6. The lowest BCUT2D eigenvalue weighted by Crippen LogP contribution is -2.41. The van der Waals surface area contributed by atoms with Gasteiger partial charge in [-0.15, -0.1) is 0 Å². The van der Waals surface area contributed by atoms with Crippen LogP contribution in [0.25, 0.3) is 22.1 Å². The van der Waals surface area contributed by atoms with Crippen molar-refractivity contribution in [3.8, 4) is 0 Å². The van der Waals surface area contributed by atoms with Crippen LogP contribution in [0.3, 0.4) is 0 Å². The lowest BCUT2D eigenvalue weighted by atomic mass is 9.96. The third-order valence-electron chi connectivity index (χ3n) is 10.1. The van der Waals surface area contributed by atoms with Gasteiger partial charge >= 0.3 is 0 Å². The largest absolute Gasteiger partial charge is 0.366 e. The number of anilines is 2. The second-order valence-electron chi connectivity index (χ2n) is 13.9. The molecule has 18 nitrogen and oxygen atoms in total. The number of aromatic nitrogens is 8. The Hall–Kier alpha value is -6.85. The Kier molecular flexibility index (Phi) is 10.1. The van der Waals surface area contributed by atoms with Crippen molar-refractivity contribution >= 4 is 63.5 Å². The first-order valence-electron chi connectivity index (χ1n) is 18.4.